The zero-order valence-electron chi connectivity index (χ0n) is 26.1. The summed E-state index contributed by atoms with van der Waals surface area (Å²) in [5.74, 6) is 0. The molecule has 0 N–H and O–H groups in total. The maximum atomic E-state index is 6.57. The van der Waals surface area contributed by atoms with Gasteiger partial charge in [-0.1, -0.05) is 133 Å². The van der Waals surface area contributed by atoms with Gasteiger partial charge in [0.15, 0.2) is 5.58 Å². The van der Waals surface area contributed by atoms with E-state index in [0.717, 1.165) is 66.6 Å². The van der Waals surface area contributed by atoms with E-state index in [0.29, 0.717) is 0 Å². The first-order valence-electron chi connectivity index (χ1n) is 16.2. The van der Waals surface area contributed by atoms with E-state index in [9.17, 15) is 0 Å². The Labute approximate surface area is 279 Å². The van der Waals surface area contributed by atoms with Crippen LogP contribution in [0.2, 0.25) is 0 Å². The number of aromatic nitrogens is 1. The first kappa shape index (κ1) is 27.8. The molecule has 0 bridgehead atoms. The van der Waals surface area contributed by atoms with Gasteiger partial charge in [0.05, 0.1) is 11.1 Å². The third kappa shape index (κ3) is 4.90. The molecule has 3 nitrogen and oxygen atoms in total. The molecular weight excluding hydrogens is 585 g/mol. The molecule has 0 fully saturated rings. The highest BCUT2D eigenvalue weighted by atomic mass is 16.3. The van der Waals surface area contributed by atoms with E-state index in [4.69, 9.17) is 9.40 Å². The fourth-order valence-corrected chi connectivity index (χ4v) is 6.78. The lowest BCUT2D eigenvalue weighted by molar-refractivity contribution is 0.671. The normalized spacial score (nSPS) is 11.3. The van der Waals surface area contributed by atoms with Crippen LogP contribution >= 0.6 is 0 Å². The minimum atomic E-state index is 0.793. The molecule has 226 valence electrons. The van der Waals surface area contributed by atoms with Crippen LogP contribution in [0, 0.1) is 0 Å². The molecule has 9 rings (SSSR count). The summed E-state index contributed by atoms with van der Waals surface area (Å²) in [5.41, 5.74) is 12.7. The summed E-state index contributed by atoms with van der Waals surface area (Å²) in [6.45, 7) is 0. The molecule has 0 aliphatic carbocycles. The Morgan fingerprint density at radius 2 is 0.979 bits per heavy atom. The quantitative estimate of drug-likeness (QED) is 0.187. The molecule has 0 aliphatic heterocycles. The highest BCUT2D eigenvalue weighted by Crippen LogP contribution is 2.46. The number of pyridine rings is 1. The van der Waals surface area contributed by atoms with Gasteiger partial charge in [-0.15, -0.1) is 0 Å². The first-order chi connectivity index (χ1) is 23.8. The average Bonchev–Trinajstić information content (AvgIpc) is 3.56. The number of anilines is 3. The molecule has 2 heterocycles. The lowest BCUT2D eigenvalue weighted by atomic mass is 9.99. The van der Waals surface area contributed by atoms with Gasteiger partial charge in [-0.3, -0.25) is 4.98 Å². The van der Waals surface area contributed by atoms with E-state index in [1.54, 1.807) is 0 Å². The van der Waals surface area contributed by atoms with Crippen LogP contribution in [-0.4, -0.2) is 4.98 Å². The Balaban J connectivity index is 1.27. The van der Waals surface area contributed by atoms with Gasteiger partial charge in [0.2, 0.25) is 0 Å². The molecule has 2 aromatic heterocycles. The zero-order chi connectivity index (χ0) is 31.9. The smallest absolute Gasteiger partial charge is 0.163 e. The van der Waals surface area contributed by atoms with Crippen molar-refractivity contribution in [3.8, 4) is 33.4 Å². The van der Waals surface area contributed by atoms with Crippen molar-refractivity contribution in [2.75, 3.05) is 4.90 Å². The van der Waals surface area contributed by atoms with Gasteiger partial charge in [0.25, 0.3) is 0 Å². The molecule has 48 heavy (non-hydrogen) atoms. The lowest BCUT2D eigenvalue weighted by Gasteiger charge is -2.27. The molecule has 7 aromatic carbocycles. The predicted molar refractivity (Wildman–Crippen MR) is 200 cm³/mol. The molecule has 9 aromatic rings. The standard InChI is InChI=1S/C45H30N2O/c1-3-12-31(13-4-1)33-23-25-34(26-24-33)36-17-10-20-39(29-36)47(38-19-9-16-35(28-38)32-14-5-2-6-15-32)41-30-37-18-11-27-46-44(37)45-43(41)40-21-7-8-22-42(40)48-45/h1-30H. The van der Waals surface area contributed by atoms with E-state index >= 15 is 0 Å². The summed E-state index contributed by atoms with van der Waals surface area (Å²) in [5, 5.41) is 3.13. The molecular formula is C45H30N2O. The van der Waals surface area contributed by atoms with Gasteiger partial charge in [-0.05, 0) is 75.8 Å². The number of hydrogen-bond acceptors (Lipinski definition) is 3. The van der Waals surface area contributed by atoms with Crippen LogP contribution in [0.1, 0.15) is 0 Å². The van der Waals surface area contributed by atoms with Crippen molar-refractivity contribution in [3.63, 3.8) is 0 Å². The fourth-order valence-electron chi connectivity index (χ4n) is 6.78. The number of para-hydroxylation sites is 1. The van der Waals surface area contributed by atoms with Crippen LogP contribution in [0.25, 0.3) is 66.2 Å². The van der Waals surface area contributed by atoms with Gasteiger partial charge in [-0.2, -0.15) is 0 Å². The maximum Gasteiger partial charge on any atom is 0.163 e. The topological polar surface area (TPSA) is 29.3 Å². The minimum absolute atomic E-state index is 0.793. The molecule has 0 spiro atoms. The minimum Gasteiger partial charge on any atom is -0.454 e. The summed E-state index contributed by atoms with van der Waals surface area (Å²) in [6, 6.07) is 62.1. The highest BCUT2D eigenvalue weighted by molar-refractivity contribution is 6.21. The monoisotopic (exact) mass is 614 g/mol. The van der Waals surface area contributed by atoms with Crippen molar-refractivity contribution >= 4 is 49.9 Å². The van der Waals surface area contributed by atoms with E-state index in [1.807, 2.05) is 24.4 Å². The van der Waals surface area contributed by atoms with Crippen LogP contribution in [0.4, 0.5) is 17.1 Å². The Morgan fingerprint density at radius 3 is 1.65 bits per heavy atom. The van der Waals surface area contributed by atoms with Gasteiger partial charge in [0.1, 0.15) is 11.1 Å². The van der Waals surface area contributed by atoms with Crippen LogP contribution in [-0.2, 0) is 0 Å². The zero-order valence-corrected chi connectivity index (χ0v) is 26.1. The summed E-state index contributed by atoms with van der Waals surface area (Å²) < 4.78 is 6.57. The van der Waals surface area contributed by atoms with Crippen molar-refractivity contribution in [3.05, 3.63) is 182 Å². The van der Waals surface area contributed by atoms with Crippen molar-refractivity contribution in [1.29, 1.82) is 0 Å². The van der Waals surface area contributed by atoms with Crippen molar-refractivity contribution in [2.45, 2.75) is 0 Å². The van der Waals surface area contributed by atoms with Crippen molar-refractivity contribution in [2.24, 2.45) is 0 Å². The van der Waals surface area contributed by atoms with E-state index < -0.39 is 0 Å². The molecule has 0 saturated heterocycles. The maximum absolute atomic E-state index is 6.57. The Hall–Kier alpha value is -6.45. The van der Waals surface area contributed by atoms with Gasteiger partial charge in [-0.25, -0.2) is 0 Å². The van der Waals surface area contributed by atoms with Crippen molar-refractivity contribution < 1.29 is 4.42 Å². The van der Waals surface area contributed by atoms with Crippen LogP contribution in [0.5, 0.6) is 0 Å². The Morgan fingerprint density at radius 1 is 0.438 bits per heavy atom. The Kier molecular flexibility index (Phi) is 6.80. The van der Waals surface area contributed by atoms with Gasteiger partial charge < -0.3 is 9.32 Å². The summed E-state index contributed by atoms with van der Waals surface area (Å²) in [7, 11) is 0. The second-order valence-corrected chi connectivity index (χ2v) is 12.0. The number of rotatable bonds is 6. The number of furan rings is 1. The van der Waals surface area contributed by atoms with Crippen LogP contribution in [0.15, 0.2) is 187 Å². The van der Waals surface area contributed by atoms with E-state index in [2.05, 4.69) is 163 Å². The average molecular weight is 615 g/mol. The molecule has 0 saturated carbocycles. The fraction of sp³-hybridized carbons (Fsp3) is 0. The second kappa shape index (κ2) is 11.7. The van der Waals surface area contributed by atoms with Crippen molar-refractivity contribution in [1.82, 2.24) is 4.98 Å². The van der Waals surface area contributed by atoms with E-state index in [-0.39, 0.29) is 0 Å². The van der Waals surface area contributed by atoms with Gasteiger partial charge in [0, 0.05) is 28.3 Å². The number of fused-ring (bicyclic) bond motifs is 5. The highest BCUT2D eigenvalue weighted by Gasteiger charge is 2.23. The largest absolute Gasteiger partial charge is 0.454 e. The molecule has 0 atom stereocenters. The molecule has 3 heteroatoms. The van der Waals surface area contributed by atoms with Gasteiger partial charge >= 0.3 is 0 Å². The Bertz CT molecular complexity index is 2550. The SMILES string of the molecule is c1ccc(-c2ccc(-c3cccc(N(c4cccc(-c5ccccc5)c4)c4cc5cccnc5c5oc6ccccc6c45)c3)cc2)cc1. The lowest BCUT2D eigenvalue weighted by Crippen LogP contribution is -2.11. The third-order valence-electron chi connectivity index (χ3n) is 9.08. The number of hydrogen-bond donors (Lipinski definition) is 0. The third-order valence-corrected chi connectivity index (χ3v) is 9.08. The summed E-state index contributed by atoms with van der Waals surface area (Å²) >= 11 is 0. The molecule has 0 radical (unpaired) electrons. The summed E-state index contributed by atoms with van der Waals surface area (Å²) in [6.07, 6.45) is 1.84. The van der Waals surface area contributed by atoms with Crippen LogP contribution < -0.4 is 4.90 Å². The predicted octanol–water partition coefficient (Wildman–Crippen LogP) is 12.6. The summed E-state index contributed by atoms with van der Waals surface area (Å²) in [4.78, 5) is 7.14. The number of benzene rings is 7. The molecule has 0 amide bonds. The number of nitrogens with zero attached hydrogens (tertiary/aromatic N) is 2. The molecule has 0 unspecified atom stereocenters. The second-order valence-electron chi connectivity index (χ2n) is 12.0. The van der Waals surface area contributed by atoms with Crippen LogP contribution in [0.3, 0.4) is 0 Å². The molecule has 0 aliphatic rings. The first-order valence-corrected chi connectivity index (χ1v) is 16.2. The van der Waals surface area contributed by atoms with E-state index in [1.165, 1.54) is 16.7 Å².